The zero-order valence-electron chi connectivity index (χ0n) is 12.3. The fourth-order valence-electron chi connectivity index (χ4n) is 3.72. The fourth-order valence-corrected chi connectivity index (χ4v) is 3.72. The number of nitrogens with two attached hydrogens (primary N) is 1. The Morgan fingerprint density at radius 2 is 2.11 bits per heavy atom. The molecule has 3 atom stereocenters. The summed E-state index contributed by atoms with van der Waals surface area (Å²) in [6.07, 6.45) is 5.35. The fraction of sp³-hybridized carbons (Fsp3) is 1.00. The molecule has 2 saturated heterocycles. The number of nitrogens with zero attached hydrogens (tertiary/aromatic N) is 2. The monoisotopic (exact) mass is 254 g/mol. The van der Waals surface area contributed by atoms with E-state index in [2.05, 4.69) is 36.1 Å². The van der Waals surface area contributed by atoms with Gasteiger partial charge in [-0.25, -0.2) is 0 Å². The highest BCUT2D eigenvalue weighted by Crippen LogP contribution is 2.33. The van der Waals surface area contributed by atoms with Crippen molar-refractivity contribution in [3.8, 4) is 0 Å². The number of unbranched alkanes of at least 4 members (excludes halogenated alkanes) is 1. The van der Waals surface area contributed by atoms with Gasteiger partial charge in [0.2, 0.25) is 0 Å². The van der Waals surface area contributed by atoms with Crippen molar-refractivity contribution in [2.24, 2.45) is 11.7 Å². The molecule has 0 bridgehead atoms. The molecule has 106 valence electrons. The van der Waals surface area contributed by atoms with Crippen LogP contribution in [0.2, 0.25) is 0 Å². The summed E-state index contributed by atoms with van der Waals surface area (Å²) in [4.78, 5) is 4.85. The van der Waals surface area contributed by atoms with Gasteiger partial charge in [0.25, 0.3) is 0 Å². The largest absolute Gasteiger partial charge is 0.324 e. The van der Waals surface area contributed by atoms with Gasteiger partial charge in [0.1, 0.15) is 0 Å². The Labute approximate surface area is 112 Å². The van der Waals surface area contributed by atoms with Crippen molar-refractivity contribution < 1.29 is 0 Å². The normalized spacial score (nSPS) is 39.3. The quantitative estimate of drug-likeness (QED) is 0.775. The first kappa shape index (κ1) is 14.3. The maximum absolute atomic E-state index is 6.81. The summed E-state index contributed by atoms with van der Waals surface area (Å²) in [5.41, 5.74) is 6.80. The standard InChI is InChI=1S/C14H30N4/c1-4-5-7-14(15)11-17(2)9-6-12(14)13-16-8-10-18(13)3/h12-13,16H,4-11,15H2,1-3H3. The molecule has 3 N–H and O–H groups in total. The second kappa shape index (κ2) is 5.87. The molecule has 0 aromatic rings. The van der Waals surface area contributed by atoms with Gasteiger partial charge in [0, 0.05) is 31.1 Å². The molecular weight excluding hydrogens is 224 g/mol. The minimum Gasteiger partial charge on any atom is -0.324 e. The molecule has 2 heterocycles. The van der Waals surface area contributed by atoms with Crippen molar-refractivity contribution >= 4 is 0 Å². The van der Waals surface area contributed by atoms with Crippen LogP contribution >= 0.6 is 0 Å². The number of likely N-dealkylation sites (N-methyl/N-ethyl adjacent to an activating group) is 2. The van der Waals surface area contributed by atoms with E-state index in [0.717, 1.165) is 26.1 Å². The smallest absolute Gasteiger partial charge is 0.0643 e. The van der Waals surface area contributed by atoms with Crippen LogP contribution in [-0.4, -0.2) is 61.8 Å². The zero-order chi connectivity index (χ0) is 13.2. The number of hydrogen-bond donors (Lipinski definition) is 2. The maximum Gasteiger partial charge on any atom is 0.0643 e. The van der Waals surface area contributed by atoms with Crippen LogP contribution in [0.4, 0.5) is 0 Å². The Hall–Kier alpha value is -0.160. The summed E-state index contributed by atoms with van der Waals surface area (Å²) in [6, 6.07) is 0. The van der Waals surface area contributed by atoms with Gasteiger partial charge in [0.15, 0.2) is 0 Å². The van der Waals surface area contributed by atoms with Crippen LogP contribution in [0, 0.1) is 5.92 Å². The first-order chi connectivity index (χ1) is 8.57. The molecule has 3 unspecified atom stereocenters. The maximum atomic E-state index is 6.81. The summed E-state index contributed by atoms with van der Waals surface area (Å²) in [6.45, 7) is 6.74. The number of nitrogens with one attached hydrogen (secondary N) is 1. The van der Waals surface area contributed by atoms with Crippen LogP contribution in [0.15, 0.2) is 0 Å². The van der Waals surface area contributed by atoms with Gasteiger partial charge in [-0.3, -0.25) is 4.90 Å². The van der Waals surface area contributed by atoms with Crippen molar-refractivity contribution in [2.75, 3.05) is 40.3 Å². The topological polar surface area (TPSA) is 44.5 Å². The lowest BCUT2D eigenvalue weighted by atomic mass is 9.74. The summed E-state index contributed by atoms with van der Waals surface area (Å²) in [5, 5.41) is 3.65. The van der Waals surface area contributed by atoms with Crippen LogP contribution < -0.4 is 11.1 Å². The Morgan fingerprint density at radius 3 is 2.72 bits per heavy atom. The average molecular weight is 254 g/mol. The lowest BCUT2D eigenvalue weighted by molar-refractivity contribution is 0.0444. The van der Waals surface area contributed by atoms with E-state index in [0.29, 0.717) is 12.1 Å². The molecular formula is C14H30N4. The molecule has 0 aromatic carbocycles. The summed E-state index contributed by atoms with van der Waals surface area (Å²) in [5.74, 6) is 0.591. The van der Waals surface area contributed by atoms with Crippen molar-refractivity contribution in [3.05, 3.63) is 0 Å². The Kier molecular flexibility index (Phi) is 4.64. The third-order valence-corrected chi connectivity index (χ3v) is 4.79. The Bertz CT molecular complexity index is 271. The van der Waals surface area contributed by atoms with E-state index in [1.54, 1.807) is 0 Å². The molecule has 0 aromatic heterocycles. The Balaban J connectivity index is 2.09. The molecule has 2 aliphatic rings. The lowest BCUT2D eigenvalue weighted by Crippen LogP contribution is -2.64. The first-order valence-corrected chi connectivity index (χ1v) is 7.48. The van der Waals surface area contributed by atoms with E-state index in [1.165, 1.54) is 25.8 Å². The molecule has 2 rings (SSSR count). The molecule has 0 amide bonds. The van der Waals surface area contributed by atoms with E-state index >= 15 is 0 Å². The third-order valence-electron chi connectivity index (χ3n) is 4.79. The van der Waals surface area contributed by atoms with Gasteiger partial charge < -0.3 is 16.0 Å². The second-order valence-corrected chi connectivity index (χ2v) is 6.35. The molecule has 0 spiro atoms. The van der Waals surface area contributed by atoms with Gasteiger partial charge in [-0.15, -0.1) is 0 Å². The number of rotatable bonds is 4. The molecule has 18 heavy (non-hydrogen) atoms. The SMILES string of the molecule is CCCCC1(N)CN(C)CCC1C1NCCN1C. The van der Waals surface area contributed by atoms with Crippen LogP contribution in [-0.2, 0) is 0 Å². The molecule has 2 fully saturated rings. The van der Waals surface area contributed by atoms with Gasteiger partial charge in [-0.2, -0.15) is 0 Å². The average Bonchev–Trinajstić information content (AvgIpc) is 2.73. The van der Waals surface area contributed by atoms with Crippen molar-refractivity contribution in [1.82, 2.24) is 15.1 Å². The number of likely N-dealkylation sites (tertiary alicyclic amines) is 1. The minimum absolute atomic E-state index is 0.0146. The lowest BCUT2D eigenvalue weighted by Gasteiger charge is -2.48. The molecule has 2 aliphatic heterocycles. The summed E-state index contributed by atoms with van der Waals surface area (Å²) >= 11 is 0. The predicted octanol–water partition coefficient (Wildman–Crippen LogP) is 0.687. The highest BCUT2D eigenvalue weighted by molar-refractivity contribution is 5.02. The van der Waals surface area contributed by atoms with E-state index in [4.69, 9.17) is 5.73 Å². The highest BCUT2D eigenvalue weighted by Gasteiger charge is 2.45. The van der Waals surface area contributed by atoms with E-state index < -0.39 is 0 Å². The molecule has 0 radical (unpaired) electrons. The van der Waals surface area contributed by atoms with Crippen molar-refractivity contribution in [3.63, 3.8) is 0 Å². The second-order valence-electron chi connectivity index (χ2n) is 6.35. The van der Waals surface area contributed by atoms with E-state index in [9.17, 15) is 0 Å². The molecule has 0 saturated carbocycles. The highest BCUT2D eigenvalue weighted by atomic mass is 15.3. The molecule has 4 heteroatoms. The van der Waals surface area contributed by atoms with E-state index in [1.807, 2.05) is 0 Å². The molecule has 4 nitrogen and oxygen atoms in total. The summed E-state index contributed by atoms with van der Waals surface area (Å²) < 4.78 is 0. The van der Waals surface area contributed by atoms with Crippen LogP contribution in [0.1, 0.15) is 32.6 Å². The molecule has 0 aliphatic carbocycles. The van der Waals surface area contributed by atoms with Gasteiger partial charge in [-0.05, 0) is 33.5 Å². The number of hydrogen-bond acceptors (Lipinski definition) is 4. The number of piperidine rings is 1. The van der Waals surface area contributed by atoms with Crippen LogP contribution in [0.3, 0.4) is 0 Å². The van der Waals surface area contributed by atoms with Crippen molar-refractivity contribution in [2.45, 2.75) is 44.3 Å². The predicted molar refractivity (Wildman–Crippen MR) is 76.5 cm³/mol. The third kappa shape index (κ3) is 2.87. The van der Waals surface area contributed by atoms with E-state index in [-0.39, 0.29) is 5.54 Å². The summed E-state index contributed by atoms with van der Waals surface area (Å²) in [7, 11) is 4.43. The zero-order valence-corrected chi connectivity index (χ0v) is 12.3. The van der Waals surface area contributed by atoms with Crippen LogP contribution in [0.5, 0.6) is 0 Å². The first-order valence-electron chi connectivity index (χ1n) is 7.48. The van der Waals surface area contributed by atoms with Crippen molar-refractivity contribution in [1.29, 1.82) is 0 Å². The van der Waals surface area contributed by atoms with Gasteiger partial charge in [-0.1, -0.05) is 19.8 Å². The Morgan fingerprint density at radius 1 is 1.33 bits per heavy atom. The van der Waals surface area contributed by atoms with Gasteiger partial charge >= 0.3 is 0 Å². The van der Waals surface area contributed by atoms with Gasteiger partial charge in [0.05, 0.1) is 6.17 Å². The van der Waals surface area contributed by atoms with Crippen LogP contribution in [0.25, 0.3) is 0 Å². The minimum atomic E-state index is -0.0146.